The second kappa shape index (κ2) is 6.38. The van der Waals surface area contributed by atoms with Gasteiger partial charge in [0.2, 0.25) is 0 Å². The fourth-order valence-corrected chi connectivity index (χ4v) is 1.89. The topological polar surface area (TPSA) is 103 Å². The van der Waals surface area contributed by atoms with Gasteiger partial charge in [0, 0.05) is 17.9 Å². The molecule has 0 unspecified atom stereocenters. The minimum atomic E-state index is -0.569. The van der Waals surface area contributed by atoms with Crippen molar-refractivity contribution in [1.29, 1.82) is 0 Å². The van der Waals surface area contributed by atoms with Gasteiger partial charge in [-0.15, -0.1) is 11.3 Å². The Balaban J connectivity index is 2.66. The molecule has 1 amide bonds. The van der Waals surface area contributed by atoms with E-state index in [2.05, 4.69) is 15.3 Å². The summed E-state index contributed by atoms with van der Waals surface area (Å²) < 4.78 is 5.12. The lowest BCUT2D eigenvalue weighted by Crippen LogP contribution is -2.27. The van der Waals surface area contributed by atoms with Gasteiger partial charge in [-0.1, -0.05) is 5.16 Å². The van der Waals surface area contributed by atoms with E-state index in [1.165, 1.54) is 18.3 Å². The van der Waals surface area contributed by atoms with Crippen molar-refractivity contribution in [2.75, 3.05) is 5.32 Å². The van der Waals surface area contributed by atoms with Crippen LogP contribution < -0.4 is 11.1 Å². The zero-order valence-electron chi connectivity index (χ0n) is 11.7. The number of amides is 1. The predicted octanol–water partition coefficient (Wildman–Crippen LogP) is 2.28. The summed E-state index contributed by atoms with van der Waals surface area (Å²) in [5, 5.41) is 8.26. The van der Waals surface area contributed by atoms with Gasteiger partial charge in [-0.25, -0.2) is 9.59 Å². The predicted molar refractivity (Wildman–Crippen MR) is 76.7 cm³/mol. The van der Waals surface area contributed by atoms with Crippen LogP contribution in [0.1, 0.15) is 33.3 Å². The first kappa shape index (κ1) is 16.0. The lowest BCUT2D eigenvalue weighted by molar-refractivity contribution is -0.140. The van der Waals surface area contributed by atoms with Crippen molar-refractivity contribution in [1.82, 2.24) is 0 Å². The summed E-state index contributed by atoms with van der Waals surface area (Å²) in [6.45, 7) is 6.54. The van der Waals surface area contributed by atoms with Crippen LogP contribution in [0.2, 0.25) is 0 Å². The van der Waals surface area contributed by atoms with Crippen LogP contribution in [0.4, 0.5) is 9.80 Å². The molecule has 3 N–H and O–H groups in total. The molecule has 7 nitrogen and oxygen atoms in total. The summed E-state index contributed by atoms with van der Waals surface area (Å²) in [6, 6.07) is 1.61. The van der Waals surface area contributed by atoms with Crippen LogP contribution >= 0.6 is 11.3 Å². The van der Waals surface area contributed by atoms with Crippen molar-refractivity contribution in [3.63, 3.8) is 0 Å². The monoisotopic (exact) mass is 299 g/mol. The van der Waals surface area contributed by atoms with E-state index in [1.807, 2.05) is 0 Å². The quantitative estimate of drug-likeness (QED) is 0.386. The summed E-state index contributed by atoms with van der Waals surface area (Å²) in [7, 11) is 0. The average molecular weight is 299 g/mol. The van der Waals surface area contributed by atoms with Crippen LogP contribution in [0.3, 0.4) is 0 Å². The van der Waals surface area contributed by atoms with Gasteiger partial charge in [0.25, 0.3) is 0 Å². The van der Waals surface area contributed by atoms with Crippen molar-refractivity contribution in [2.24, 2.45) is 10.9 Å². The highest BCUT2D eigenvalue weighted by Crippen LogP contribution is 2.21. The van der Waals surface area contributed by atoms with Crippen molar-refractivity contribution >= 4 is 34.2 Å². The Labute approximate surface area is 120 Å². The molecule has 0 spiro atoms. The lowest BCUT2D eigenvalue weighted by atomic mass is 10.2. The summed E-state index contributed by atoms with van der Waals surface area (Å²) in [5.41, 5.74) is 5.60. The summed E-state index contributed by atoms with van der Waals surface area (Å²) >= 11 is 1.25. The number of hydrogen-bond acceptors (Lipinski definition) is 6. The number of thiophene rings is 1. The van der Waals surface area contributed by atoms with Gasteiger partial charge in [0.1, 0.15) is 5.60 Å². The number of carbonyl (C=O) groups is 2. The molecule has 1 rings (SSSR count). The second-order valence-corrected chi connectivity index (χ2v) is 5.80. The van der Waals surface area contributed by atoms with E-state index in [-0.39, 0.29) is 5.84 Å². The van der Waals surface area contributed by atoms with Crippen LogP contribution in [0.25, 0.3) is 0 Å². The largest absolute Gasteiger partial charge is 0.444 e. The molecular formula is C12H17N3O4S. The first-order chi connectivity index (χ1) is 9.17. The van der Waals surface area contributed by atoms with E-state index in [0.29, 0.717) is 10.6 Å². The molecule has 0 atom stereocenters. The zero-order chi connectivity index (χ0) is 15.3. The maximum atomic E-state index is 11.6. The van der Waals surface area contributed by atoms with Crippen molar-refractivity contribution in [3.8, 4) is 0 Å². The second-order valence-electron chi connectivity index (χ2n) is 4.89. The molecule has 1 aromatic heterocycles. The van der Waals surface area contributed by atoms with E-state index >= 15 is 0 Å². The lowest BCUT2D eigenvalue weighted by Gasteiger charge is -2.19. The maximum Gasteiger partial charge on any atom is 0.412 e. The van der Waals surface area contributed by atoms with Gasteiger partial charge in [0.15, 0.2) is 5.84 Å². The molecule has 0 aliphatic heterocycles. The van der Waals surface area contributed by atoms with Crippen LogP contribution in [-0.4, -0.2) is 23.5 Å². The number of anilines is 1. The van der Waals surface area contributed by atoms with E-state index in [4.69, 9.17) is 10.5 Å². The average Bonchev–Trinajstić information content (AvgIpc) is 2.71. The molecule has 0 bridgehead atoms. The Bertz CT molecular complexity index is 531. The molecule has 0 saturated carbocycles. The number of hydrogen-bond donors (Lipinski definition) is 2. The molecule has 1 heterocycles. The molecule has 1 aromatic rings. The van der Waals surface area contributed by atoms with Crippen LogP contribution in [0.15, 0.2) is 16.6 Å². The Kier molecular flexibility index (Phi) is 5.09. The smallest absolute Gasteiger partial charge is 0.412 e. The van der Waals surface area contributed by atoms with Gasteiger partial charge < -0.3 is 15.3 Å². The van der Waals surface area contributed by atoms with E-state index in [9.17, 15) is 9.59 Å². The molecular weight excluding hydrogens is 282 g/mol. The number of amidine groups is 1. The van der Waals surface area contributed by atoms with E-state index < -0.39 is 17.7 Å². The number of nitrogens with one attached hydrogen (secondary N) is 1. The van der Waals surface area contributed by atoms with Gasteiger partial charge in [-0.2, -0.15) is 0 Å². The Morgan fingerprint density at radius 1 is 1.40 bits per heavy atom. The Hall–Kier alpha value is -2.09. The van der Waals surface area contributed by atoms with Crippen molar-refractivity contribution in [2.45, 2.75) is 33.3 Å². The standard InChI is InChI=1S/C12H17N3O4S/c1-7(16)19-15-10(13)8-5-9(20-6-8)14-11(17)18-12(2,3)4/h5-6H,1-4H3,(H2,13,15)(H,14,17). The van der Waals surface area contributed by atoms with E-state index in [1.54, 1.807) is 32.2 Å². The highest BCUT2D eigenvalue weighted by Gasteiger charge is 2.17. The maximum absolute atomic E-state index is 11.6. The molecule has 8 heteroatoms. The third-order valence-corrected chi connectivity index (χ3v) is 2.64. The van der Waals surface area contributed by atoms with E-state index in [0.717, 1.165) is 0 Å². The van der Waals surface area contributed by atoms with Crippen LogP contribution in [0, 0.1) is 0 Å². The molecule has 0 aliphatic rings. The fourth-order valence-electron chi connectivity index (χ4n) is 1.11. The Morgan fingerprint density at radius 3 is 2.60 bits per heavy atom. The molecule has 20 heavy (non-hydrogen) atoms. The number of oxime groups is 1. The van der Waals surface area contributed by atoms with Gasteiger partial charge in [-0.3, -0.25) is 5.32 Å². The molecule has 0 saturated heterocycles. The molecule has 0 aliphatic carbocycles. The third kappa shape index (κ3) is 5.70. The van der Waals surface area contributed by atoms with Crippen molar-refractivity contribution in [3.05, 3.63) is 17.0 Å². The SMILES string of the molecule is CC(=O)O/N=C(\N)c1csc(NC(=O)OC(C)(C)C)c1. The minimum absolute atomic E-state index is 0.0497. The first-order valence-electron chi connectivity index (χ1n) is 5.77. The molecule has 0 aromatic carbocycles. The highest BCUT2D eigenvalue weighted by atomic mass is 32.1. The van der Waals surface area contributed by atoms with Crippen LogP contribution in [0.5, 0.6) is 0 Å². The normalized spacial score (nSPS) is 11.9. The number of ether oxygens (including phenoxy) is 1. The number of rotatable bonds is 3. The van der Waals surface area contributed by atoms with Gasteiger partial charge in [-0.05, 0) is 26.8 Å². The van der Waals surface area contributed by atoms with Gasteiger partial charge >= 0.3 is 12.1 Å². The zero-order valence-corrected chi connectivity index (χ0v) is 12.5. The molecule has 0 radical (unpaired) electrons. The summed E-state index contributed by atoms with van der Waals surface area (Å²) in [6.07, 6.45) is -0.554. The fraction of sp³-hybridized carbons (Fsp3) is 0.417. The molecule has 0 fully saturated rings. The highest BCUT2D eigenvalue weighted by molar-refractivity contribution is 7.14. The Morgan fingerprint density at radius 2 is 2.05 bits per heavy atom. The molecule has 110 valence electrons. The number of carbonyl (C=O) groups excluding carboxylic acids is 2. The summed E-state index contributed by atoms with van der Waals surface area (Å²) in [4.78, 5) is 26.6. The third-order valence-electron chi connectivity index (χ3n) is 1.79. The number of nitrogens with two attached hydrogens (primary N) is 1. The number of nitrogens with zero attached hydrogens (tertiary/aromatic N) is 1. The first-order valence-corrected chi connectivity index (χ1v) is 6.65. The minimum Gasteiger partial charge on any atom is -0.444 e. The van der Waals surface area contributed by atoms with Crippen LogP contribution in [-0.2, 0) is 14.4 Å². The van der Waals surface area contributed by atoms with Crippen molar-refractivity contribution < 1.29 is 19.2 Å². The van der Waals surface area contributed by atoms with Gasteiger partial charge in [0.05, 0.1) is 5.00 Å². The summed E-state index contributed by atoms with van der Waals surface area (Å²) in [5.74, 6) is -0.510.